The molecule has 1 atom stereocenters. The fourth-order valence-electron chi connectivity index (χ4n) is 2.37. The van der Waals surface area contributed by atoms with E-state index >= 15 is 0 Å². The van der Waals surface area contributed by atoms with Gasteiger partial charge in [0.15, 0.2) is 5.82 Å². The van der Waals surface area contributed by atoms with Crippen LogP contribution in [0.4, 0.5) is 10.2 Å². The number of rotatable bonds is 6. The Morgan fingerprint density at radius 3 is 2.68 bits per heavy atom. The van der Waals surface area contributed by atoms with Crippen LogP contribution in [-0.2, 0) is 10.5 Å². The van der Waals surface area contributed by atoms with Crippen molar-refractivity contribution in [1.82, 2.24) is 5.16 Å². The number of hydrogen-bond donors (Lipinski definition) is 1. The molecule has 0 aliphatic heterocycles. The third-order valence-electron chi connectivity index (χ3n) is 3.53. The number of nitrogens with zero attached hydrogens (tertiary/aromatic N) is 1. The molecule has 1 aromatic heterocycles. The summed E-state index contributed by atoms with van der Waals surface area (Å²) in [5.74, 6) is 1.05. The van der Waals surface area contributed by atoms with Gasteiger partial charge in [-0.3, -0.25) is 4.79 Å². The van der Waals surface area contributed by atoms with Gasteiger partial charge in [-0.1, -0.05) is 47.6 Å². The summed E-state index contributed by atoms with van der Waals surface area (Å²) in [5, 5.41) is 6.12. The molecule has 0 radical (unpaired) electrons. The second kappa shape index (κ2) is 7.98. The second-order valence-electron chi connectivity index (χ2n) is 5.54. The van der Waals surface area contributed by atoms with Crippen LogP contribution in [0.5, 0.6) is 0 Å². The zero-order chi connectivity index (χ0) is 17.6. The molecular formula is C19H17FN2O2S. The van der Waals surface area contributed by atoms with Crippen molar-refractivity contribution in [1.29, 1.82) is 0 Å². The highest BCUT2D eigenvalue weighted by atomic mass is 32.2. The molecule has 0 aliphatic carbocycles. The van der Waals surface area contributed by atoms with Crippen LogP contribution in [-0.4, -0.2) is 11.1 Å². The SMILES string of the molecule is Cc1cc(NC(=O)C(SCc2cccc(F)c2)c2ccccc2)no1. The fourth-order valence-corrected chi connectivity index (χ4v) is 3.47. The number of hydrogen-bond acceptors (Lipinski definition) is 4. The minimum atomic E-state index is -0.443. The predicted octanol–water partition coefficient (Wildman–Crippen LogP) is 4.74. The first kappa shape index (κ1) is 17.2. The molecule has 1 amide bonds. The summed E-state index contributed by atoms with van der Waals surface area (Å²) in [6, 6.07) is 17.5. The third-order valence-corrected chi connectivity index (χ3v) is 4.84. The van der Waals surface area contributed by atoms with Crippen LogP contribution in [0.2, 0.25) is 0 Å². The van der Waals surface area contributed by atoms with Crippen molar-refractivity contribution >= 4 is 23.5 Å². The molecule has 0 bridgehead atoms. The molecule has 0 saturated heterocycles. The molecule has 4 nitrogen and oxygen atoms in total. The smallest absolute Gasteiger partial charge is 0.243 e. The van der Waals surface area contributed by atoms with Gasteiger partial charge in [0.2, 0.25) is 5.91 Å². The highest BCUT2D eigenvalue weighted by molar-refractivity contribution is 7.99. The number of aromatic nitrogens is 1. The number of benzene rings is 2. The summed E-state index contributed by atoms with van der Waals surface area (Å²) in [5.41, 5.74) is 1.71. The average molecular weight is 356 g/mol. The summed E-state index contributed by atoms with van der Waals surface area (Å²) in [4.78, 5) is 12.7. The summed E-state index contributed by atoms with van der Waals surface area (Å²) in [6.45, 7) is 1.76. The Morgan fingerprint density at radius 2 is 2.00 bits per heavy atom. The Labute approximate surface area is 149 Å². The minimum absolute atomic E-state index is 0.194. The fraction of sp³-hybridized carbons (Fsp3) is 0.158. The highest BCUT2D eigenvalue weighted by Crippen LogP contribution is 2.33. The van der Waals surface area contributed by atoms with Gasteiger partial charge in [-0.05, 0) is 30.2 Å². The Hall–Kier alpha value is -2.60. The van der Waals surface area contributed by atoms with Gasteiger partial charge >= 0.3 is 0 Å². The normalized spacial score (nSPS) is 11.9. The van der Waals surface area contributed by atoms with E-state index in [1.54, 1.807) is 19.1 Å². The van der Waals surface area contributed by atoms with Crippen LogP contribution in [0, 0.1) is 12.7 Å². The van der Waals surface area contributed by atoms with Crippen LogP contribution in [0.25, 0.3) is 0 Å². The molecule has 128 valence electrons. The average Bonchev–Trinajstić information content (AvgIpc) is 3.01. The van der Waals surface area contributed by atoms with Crippen LogP contribution in [0.1, 0.15) is 22.1 Å². The van der Waals surface area contributed by atoms with E-state index in [9.17, 15) is 9.18 Å². The minimum Gasteiger partial charge on any atom is -0.360 e. The largest absolute Gasteiger partial charge is 0.360 e. The van der Waals surface area contributed by atoms with E-state index in [1.807, 2.05) is 36.4 Å². The van der Waals surface area contributed by atoms with Gasteiger partial charge in [0, 0.05) is 11.8 Å². The number of amides is 1. The van der Waals surface area contributed by atoms with Gasteiger partial charge in [0.05, 0.1) is 0 Å². The number of nitrogens with one attached hydrogen (secondary N) is 1. The first-order valence-corrected chi connectivity index (χ1v) is 8.82. The van der Waals surface area contributed by atoms with Gasteiger partial charge in [0.1, 0.15) is 16.8 Å². The van der Waals surface area contributed by atoms with Crippen molar-refractivity contribution in [3.8, 4) is 0 Å². The van der Waals surface area contributed by atoms with Crippen LogP contribution in [0.3, 0.4) is 0 Å². The Balaban J connectivity index is 1.76. The van der Waals surface area contributed by atoms with E-state index in [-0.39, 0.29) is 11.7 Å². The molecule has 1 unspecified atom stereocenters. The topological polar surface area (TPSA) is 55.1 Å². The number of thioether (sulfide) groups is 1. The van der Waals surface area contributed by atoms with Crippen molar-refractivity contribution in [3.63, 3.8) is 0 Å². The molecule has 0 spiro atoms. The summed E-state index contributed by atoms with van der Waals surface area (Å²) < 4.78 is 18.3. The number of anilines is 1. The van der Waals surface area contributed by atoms with E-state index < -0.39 is 5.25 Å². The Morgan fingerprint density at radius 1 is 1.20 bits per heavy atom. The van der Waals surface area contributed by atoms with Crippen LogP contribution >= 0.6 is 11.8 Å². The third kappa shape index (κ3) is 4.70. The molecule has 3 aromatic rings. The van der Waals surface area contributed by atoms with E-state index in [4.69, 9.17) is 4.52 Å². The first-order chi connectivity index (χ1) is 12.1. The van der Waals surface area contributed by atoms with Gasteiger partial charge < -0.3 is 9.84 Å². The van der Waals surface area contributed by atoms with E-state index in [1.165, 1.54) is 23.9 Å². The van der Waals surface area contributed by atoms with Gasteiger partial charge in [-0.15, -0.1) is 11.8 Å². The number of carbonyl (C=O) groups excluding carboxylic acids is 1. The lowest BCUT2D eigenvalue weighted by molar-refractivity contribution is -0.115. The summed E-state index contributed by atoms with van der Waals surface area (Å²) in [6.07, 6.45) is 0. The monoisotopic (exact) mass is 356 g/mol. The van der Waals surface area contributed by atoms with Crippen LogP contribution < -0.4 is 5.32 Å². The number of aryl methyl sites for hydroxylation is 1. The van der Waals surface area contributed by atoms with E-state index in [0.29, 0.717) is 17.3 Å². The lowest BCUT2D eigenvalue weighted by Gasteiger charge is -2.16. The Bertz CT molecular complexity index is 851. The summed E-state index contributed by atoms with van der Waals surface area (Å²) in [7, 11) is 0. The molecule has 1 N–H and O–H groups in total. The van der Waals surface area contributed by atoms with Crippen molar-refractivity contribution in [3.05, 3.63) is 83.4 Å². The molecule has 3 rings (SSSR count). The maximum atomic E-state index is 13.4. The lowest BCUT2D eigenvalue weighted by Crippen LogP contribution is -2.19. The van der Waals surface area contributed by atoms with E-state index in [0.717, 1.165) is 11.1 Å². The maximum absolute atomic E-state index is 13.4. The molecule has 0 fully saturated rings. The van der Waals surface area contributed by atoms with E-state index in [2.05, 4.69) is 10.5 Å². The summed E-state index contributed by atoms with van der Waals surface area (Å²) >= 11 is 1.43. The maximum Gasteiger partial charge on any atom is 0.243 e. The molecule has 2 aromatic carbocycles. The van der Waals surface area contributed by atoms with Crippen molar-refractivity contribution in [2.75, 3.05) is 5.32 Å². The molecule has 25 heavy (non-hydrogen) atoms. The second-order valence-corrected chi connectivity index (χ2v) is 6.64. The van der Waals surface area contributed by atoms with Crippen molar-refractivity contribution in [2.24, 2.45) is 0 Å². The van der Waals surface area contributed by atoms with Crippen molar-refractivity contribution < 1.29 is 13.7 Å². The number of halogens is 1. The lowest BCUT2D eigenvalue weighted by atomic mass is 10.1. The van der Waals surface area contributed by atoms with Crippen LogP contribution in [0.15, 0.2) is 65.2 Å². The zero-order valence-corrected chi connectivity index (χ0v) is 14.4. The standard InChI is InChI=1S/C19H17FN2O2S/c1-13-10-17(22-24-13)21-19(23)18(15-7-3-2-4-8-15)25-12-14-6-5-9-16(20)11-14/h2-11,18H,12H2,1H3,(H,21,22,23). The quantitative estimate of drug-likeness (QED) is 0.693. The molecule has 0 saturated carbocycles. The first-order valence-electron chi connectivity index (χ1n) is 7.77. The molecule has 6 heteroatoms. The van der Waals surface area contributed by atoms with Crippen molar-refractivity contribution in [2.45, 2.75) is 17.9 Å². The van der Waals surface area contributed by atoms with Gasteiger partial charge in [-0.25, -0.2) is 4.39 Å². The number of carbonyl (C=O) groups is 1. The molecule has 1 heterocycles. The highest BCUT2D eigenvalue weighted by Gasteiger charge is 2.22. The zero-order valence-electron chi connectivity index (χ0n) is 13.6. The molecular weight excluding hydrogens is 339 g/mol. The van der Waals surface area contributed by atoms with Gasteiger partial charge in [-0.2, -0.15) is 0 Å². The van der Waals surface area contributed by atoms with Gasteiger partial charge in [0.25, 0.3) is 0 Å². The molecule has 0 aliphatic rings. The Kier molecular flexibility index (Phi) is 5.50. The predicted molar refractivity (Wildman–Crippen MR) is 96.7 cm³/mol.